The van der Waals surface area contributed by atoms with E-state index in [1.807, 2.05) is 6.20 Å². The first-order valence-electron chi connectivity index (χ1n) is 9.47. The molecule has 2 aliphatic heterocycles. The Labute approximate surface area is 154 Å². The van der Waals surface area contributed by atoms with Crippen LogP contribution in [0.2, 0.25) is 0 Å². The fourth-order valence-corrected chi connectivity index (χ4v) is 4.38. The van der Waals surface area contributed by atoms with Gasteiger partial charge < -0.3 is 10.7 Å². The lowest BCUT2D eigenvalue weighted by molar-refractivity contribution is -0.123. The number of rotatable bonds is 4. The number of hydrogen-bond donors (Lipinski definition) is 2. The Hall–Kier alpha value is -2.40. The summed E-state index contributed by atoms with van der Waals surface area (Å²) in [6.07, 6.45) is 7.74. The van der Waals surface area contributed by atoms with Gasteiger partial charge in [-0.25, -0.2) is 0 Å². The van der Waals surface area contributed by atoms with E-state index < -0.39 is 0 Å². The number of aliphatic imine (C=N–C) groups is 1. The summed E-state index contributed by atoms with van der Waals surface area (Å²) in [5.74, 6) is -0.161. The molecule has 3 N–H and O–H groups in total. The van der Waals surface area contributed by atoms with Crippen LogP contribution in [0.1, 0.15) is 43.0 Å². The number of likely N-dealkylation sites (tertiary alicyclic amines) is 1. The highest BCUT2D eigenvalue weighted by atomic mass is 16.1. The van der Waals surface area contributed by atoms with E-state index in [9.17, 15) is 4.79 Å². The van der Waals surface area contributed by atoms with E-state index in [-0.39, 0.29) is 17.9 Å². The van der Waals surface area contributed by atoms with E-state index in [1.165, 1.54) is 27.9 Å². The molecule has 1 unspecified atom stereocenters. The van der Waals surface area contributed by atoms with Crippen molar-refractivity contribution in [2.45, 2.75) is 38.6 Å². The van der Waals surface area contributed by atoms with Gasteiger partial charge >= 0.3 is 0 Å². The molecule has 2 aliphatic rings. The summed E-state index contributed by atoms with van der Waals surface area (Å²) in [7, 11) is 0. The molecule has 1 saturated heterocycles. The van der Waals surface area contributed by atoms with Gasteiger partial charge in [0.05, 0.1) is 6.04 Å². The van der Waals surface area contributed by atoms with Gasteiger partial charge in [0.25, 0.3) is 0 Å². The maximum Gasteiger partial charge on any atom is 0.220 e. The molecular weight excluding hydrogens is 324 g/mol. The lowest BCUT2D eigenvalue weighted by atomic mass is 9.89. The molecule has 0 spiro atoms. The average molecular weight is 350 g/mol. The van der Waals surface area contributed by atoms with Gasteiger partial charge in [-0.15, -0.1) is 0 Å². The monoisotopic (exact) mass is 350 g/mol. The number of carbonyl (C=O) groups excluding carboxylic acids is 1. The summed E-state index contributed by atoms with van der Waals surface area (Å²) < 4.78 is 0. The fraction of sp³-hybridized carbons (Fsp3) is 0.429. The van der Waals surface area contributed by atoms with Crippen LogP contribution in [0.15, 0.2) is 41.5 Å². The topological polar surface area (TPSA) is 74.5 Å². The van der Waals surface area contributed by atoms with Gasteiger partial charge in [0.2, 0.25) is 5.91 Å². The van der Waals surface area contributed by atoms with E-state index in [0.717, 1.165) is 38.8 Å². The number of fused-ring (bicyclic) bond motifs is 1. The number of benzene rings is 1. The van der Waals surface area contributed by atoms with Gasteiger partial charge in [-0.3, -0.25) is 14.7 Å². The molecule has 0 saturated carbocycles. The molecule has 5 heteroatoms. The summed E-state index contributed by atoms with van der Waals surface area (Å²) in [6, 6.07) is 8.64. The first kappa shape index (κ1) is 17.0. The Morgan fingerprint density at radius 2 is 2.08 bits per heavy atom. The number of primary amides is 1. The van der Waals surface area contributed by atoms with Gasteiger partial charge in [-0.05, 0) is 51.8 Å². The van der Waals surface area contributed by atoms with Crippen LogP contribution < -0.4 is 5.73 Å². The van der Waals surface area contributed by atoms with Crippen molar-refractivity contribution in [1.29, 1.82) is 0 Å². The van der Waals surface area contributed by atoms with Crippen molar-refractivity contribution in [3.05, 3.63) is 47.8 Å². The molecule has 1 atom stereocenters. The number of H-pyrrole nitrogens is 1. The van der Waals surface area contributed by atoms with Crippen LogP contribution >= 0.6 is 0 Å². The largest absolute Gasteiger partial charge is 0.369 e. The third-order valence-electron chi connectivity index (χ3n) is 5.74. The number of piperidine rings is 1. The van der Waals surface area contributed by atoms with E-state index in [0.29, 0.717) is 0 Å². The molecule has 1 amide bonds. The number of aromatic nitrogens is 1. The summed E-state index contributed by atoms with van der Waals surface area (Å²) in [6.45, 7) is 3.90. The minimum Gasteiger partial charge on any atom is -0.369 e. The summed E-state index contributed by atoms with van der Waals surface area (Å²) in [4.78, 5) is 22.3. The van der Waals surface area contributed by atoms with Crippen molar-refractivity contribution in [3.63, 3.8) is 0 Å². The zero-order valence-corrected chi connectivity index (χ0v) is 15.2. The molecule has 4 rings (SSSR count). The third-order valence-corrected chi connectivity index (χ3v) is 5.74. The van der Waals surface area contributed by atoms with Crippen molar-refractivity contribution in [2.24, 2.45) is 16.6 Å². The Kier molecular flexibility index (Phi) is 4.64. The number of para-hydroxylation sites is 1. The van der Waals surface area contributed by atoms with Crippen molar-refractivity contribution < 1.29 is 4.79 Å². The van der Waals surface area contributed by atoms with Crippen LogP contribution in [-0.2, 0) is 4.79 Å². The predicted octanol–water partition coefficient (Wildman–Crippen LogP) is 3.46. The van der Waals surface area contributed by atoms with Crippen LogP contribution in [0, 0.1) is 12.8 Å². The highest BCUT2D eigenvalue weighted by molar-refractivity contribution is 5.97. The zero-order chi connectivity index (χ0) is 18.1. The quantitative estimate of drug-likeness (QED) is 0.886. The Morgan fingerprint density at radius 3 is 2.77 bits per heavy atom. The minimum atomic E-state index is -0.164. The van der Waals surface area contributed by atoms with Gasteiger partial charge in [0, 0.05) is 40.0 Å². The molecular formula is C21H26N4O. The lowest BCUT2D eigenvalue weighted by Crippen LogP contribution is -2.43. The Morgan fingerprint density at radius 1 is 1.31 bits per heavy atom. The van der Waals surface area contributed by atoms with Crippen LogP contribution in [0.25, 0.3) is 10.9 Å². The smallest absolute Gasteiger partial charge is 0.220 e. The van der Waals surface area contributed by atoms with Gasteiger partial charge in [-0.2, -0.15) is 0 Å². The molecule has 26 heavy (non-hydrogen) atoms. The van der Waals surface area contributed by atoms with Crippen LogP contribution in [0.4, 0.5) is 0 Å². The van der Waals surface area contributed by atoms with Crippen molar-refractivity contribution in [3.8, 4) is 0 Å². The first-order valence-corrected chi connectivity index (χ1v) is 9.47. The third kappa shape index (κ3) is 3.07. The highest BCUT2D eigenvalue weighted by Gasteiger charge is 2.33. The maximum atomic E-state index is 11.6. The Bertz CT molecular complexity index is 871. The summed E-state index contributed by atoms with van der Waals surface area (Å²) >= 11 is 0. The number of carbonyl (C=O) groups is 1. The van der Waals surface area contributed by atoms with Crippen molar-refractivity contribution in [2.75, 3.05) is 13.1 Å². The highest BCUT2D eigenvalue weighted by Crippen LogP contribution is 2.36. The molecule has 0 aliphatic carbocycles. The number of amides is 1. The fourth-order valence-electron chi connectivity index (χ4n) is 4.38. The first-order chi connectivity index (χ1) is 12.6. The molecule has 3 heterocycles. The second kappa shape index (κ2) is 7.08. The lowest BCUT2D eigenvalue weighted by Gasteiger charge is -2.38. The number of nitrogens with one attached hydrogen (secondary N) is 1. The number of hydrogen-bond acceptors (Lipinski definition) is 3. The minimum absolute atomic E-state index is 0.00385. The number of aryl methyl sites for hydroxylation is 1. The second-order valence-corrected chi connectivity index (χ2v) is 7.37. The molecule has 1 aromatic heterocycles. The second-order valence-electron chi connectivity index (χ2n) is 7.37. The van der Waals surface area contributed by atoms with Gasteiger partial charge in [-0.1, -0.05) is 24.3 Å². The number of aromatic amines is 1. The number of nitrogens with zero attached hydrogens (tertiary/aromatic N) is 2. The molecule has 1 fully saturated rings. The molecule has 0 bridgehead atoms. The van der Waals surface area contributed by atoms with Crippen molar-refractivity contribution in [1.82, 2.24) is 9.88 Å². The molecule has 5 nitrogen and oxygen atoms in total. The van der Waals surface area contributed by atoms with Crippen molar-refractivity contribution >= 4 is 22.5 Å². The van der Waals surface area contributed by atoms with E-state index in [1.54, 1.807) is 0 Å². The van der Waals surface area contributed by atoms with E-state index in [2.05, 4.69) is 47.1 Å². The SMILES string of the molecule is Cc1[nH]c2ccccc2c1C(C1=NC=CCC1)N1CCC(C(N)=O)CC1. The average Bonchev–Trinajstić information content (AvgIpc) is 2.99. The molecule has 136 valence electrons. The summed E-state index contributed by atoms with van der Waals surface area (Å²) in [5.41, 5.74) is 10.4. The van der Waals surface area contributed by atoms with Crippen LogP contribution in [0.3, 0.4) is 0 Å². The maximum absolute atomic E-state index is 11.6. The predicted molar refractivity (Wildman–Crippen MR) is 105 cm³/mol. The van der Waals surface area contributed by atoms with Crippen LogP contribution in [0.5, 0.6) is 0 Å². The molecule has 2 aromatic rings. The van der Waals surface area contributed by atoms with Gasteiger partial charge in [0.15, 0.2) is 0 Å². The zero-order valence-electron chi connectivity index (χ0n) is 15.2. The number of nitrogens with two attached hydrogens (primary N) is 1. The molecule has 0 radical (unpaired) electrons. The summed E-state index contributed by atoms with van der Waals surface area (Å²) in [5, 5.41) is 1.27. The Balaban J connectivity index is 1.74. The normalized spacial score (nSPS) is 20.3. The van der Waals surface area contributed by atoms with Crippen LogP contribution in [-0.4, -0.2) is 34.6 Å². The van der Waals surface area contributed by atoms with Gasteiger partial charge in [0.1, 0.15) is 0 Å². The van der Waals surface area contributed by atoms with E-state index in [4.69, 9.17) is 10.7 Å². The number of allylic oxidation sites excluding steroid dienone is 1. The molecule has 1 aromatic carbocycles. The van der Waals surface area contributed by atoms with E-state index >= 15 is 0 Å². The standard InChI is InChI=1S/C21H26N4O/c1-14-19(16-6-2-3-7-17(16)24-14)20(18-8-4-5-11-23-18)25-12-9-15(10-13-25)21(22)26/h2-3,5-7,11,15,20,24H,4,8-10,12-13H2,1H3,(H2,22,26).